The highest BCUT2D eigenvalue weighted by molar-refractivity contribution is 6.05. The minimum Gasteiger partial charge on any atom is -0.338 e. The number of benzene rings is 2. The molecule has 2 aromatic carbocycles. The Morgan fingerprint density at radius 2 is 1.81 bits per heavy atom. The highest BCUT2D eigenvalue weighted by Gasteiger charge is 2.29. The van der Waals surface area contributed by atoms with E-state index >= 15 is 0 Å². The van der Waals surface area contributed by atoms with Gasteiger partial charge < -0.3 is 15.2 Å². The third kappa shape index (κ3) is 5.26. The van der Waals surface area contributed by atoms with Crippen LogP contribution in [0.1, 0.15) is 58.8 Å². The number of amides is 1. The molecule has 2 aromatic heterocycles. The minimum absolute atomic E-state index is 0. The fraction of sp³-hybridized carbons (Fsp3) is 0.286. The van der Waals surface area contributed by atoms with Crippen LogP contribution in [0.5, 0.6) is 0 Å². The van der Waals surface area contributed by atoms with E-state index in [2.05, 4.69) is 28.6 Å². The van der Waals surface area contributed by atoms with Gasteiger partial charge in [0.15, 0.2) is 0 Å². The van der Waals surface area contributed by atoms with E-state index in [1.165, 1.54) is 11.6 Å². The van der Waals surface area contributed by atoms with Crippen LogP contribution in [0, 0.1) is 5.82 Å². The fourth-order valence-electron chi connectivity index (χ4n) is 5.05. The van der Waals surface area contributed by atoms with Crippen LogP contribution in [-0.4, -0.2) is 33.4 Å². The second-order valence-electron chi connectivity index (χ2n) is 9.03. The number of piperidine rings is 1. The molecule has 1 amide bonds. The zero-order valence-corrected chi connectivity index (χ0v) is 21.8. The van der Waals surface area contributed by atoms with Crippen molar-refractivity contribution in [1.82, 2.24) is 14.5 Å². The Balaban J connectivity index is 0.00000180. The quantitative estimate of drug-likeness (QED) is 0.340. The average Bonchev–Trinajstić information content (AvgIpc) is 3.28. The number of carbonyl (C=O) groups is 1. The van der Waals surface area contributed by atoms with Crippen LogP contribution >= 0.6 is 24.8 Å². The van der Waals surface area contributed by atoms with Crippen molar-refractivity contribution < 1.29 is 9.18 Å². The van der Waals surface area contributed by atoms with E-state index in [-0.39, 0.29) is 48.5 Å². The van der Waals surface area contributed by atoms with Crippen molar-refractivity contribution in [1.29, 1.82) is 0 Å². The fourth-order valence-corrected chi connectivity index (χ4v) is 5.05. The van der Waals surface area contributed by atoms with Gasteiger partial charge in [-0.3, -0.25) is 9.78 Å². The Kier molecular flexibility index (Phi) is 9.12. The number of aromatic nitrogens is 2. The van der Waals surface area contributed by atoms with Crippen molar-refractivity contribution in [3.63, 3.8) is 0 Å². The Bertz CT molecular complexity index is 1320. The Morgan fingerprint density at radius 1 is 1.08 bits per heavy atom. The number of pyridine rings is 1. The zero-order valence-electron chi connectivity index (χ0n) is 20.1. The monoisotopic (exact) mass is 528 g/mol. The van der Waals surface area contributed by atoms with Crippen molar-refractivity contribution >= 4 is 41.8 Å². The molecule has 1 atom stereocenters. The van der Waals surface area contributed by atoms with Crippen LogP contribution in [-0.2, 0) is 6.54 Å². The number of hydrogen-bond donors (Lipinski definition) is 1. The molecular weight excluding hydrogens is 498 g/mol. The lowest BCUT2D eigenvalue weighted by atomic mass is 9.88. The van der Waals surface area contributed by atoms with Crippen LogP contribution in [0.3, 0.4) is 0 Å². The largest absolute Gasteiger partial charge is 0.338 e. The molecule has 1 fully saturated rings. The van der Waals surface area contributed by atoms with Crippen LogP contribution < -0.4 is 5.73 Å². The van der Waals surface area contributed by atoms with Gasteiger partial charge in [-0.2, -0.15) is 0 Å². The number of likely N-dealkylation sites (tertiary alicyclic amines) is 1. The summed E-state index contributed by atoms with van der Waals surface area (Å²) in [7, 11) is 0. The number of nitrogens with zero attached hydrogens (tertiary/aromatic N) is 3. The lowest BCUT2D eigenvalue weighted by Gasteiger charge is -2.32. The summed E-state index contributed by atoms with van der Waals surface area (Å²) in [5, 5.41) is 0. The number of halogens is 3. The molecule has 0 saturated carbocycles. The third-order valence-electron chi connectivity index (χ3n) is 7.04. The van der Waals surface area contributed by atoms with Crippen LogP contribution in [0.25, 0.3) is 11.0 Å². The van der Waals surface area contributed by atoms with Gasteiger partial charge in [-0.25, -0.2) is 4.39 Å². The summed E-state index contributed by atoms with van der Waals surface area (Å²) >= 11 is 0. The summed E-state index contributed by atoms with van der Waals surface area (Å²) in [5.41, 5.74) is 10.8. The van der Waals surface area contributed by atoms with Gasteiger partial charge in [-0.15, -0.1) is 24.8 Å². The predicted molar refractivity (Wildman–Crippen MR) is 147 cm³/mol. The molecule has 0 aliphatic carbocycles. The summed E-state index contributed by atoms with van der Waals surface area (Å²) in [6.45, 7) is 3.70. The smallest absolute Gasteiger partial charge is 0.257 e. The molecule has 0 spiro atoms. The van der Waals surface area contributed by atoms with Gasteiger partial charge in [0.1, 0.15) is 11.3 Å². The van der Waals surface area contributed by atoms with E-state index < -0.39 is 0 Å². The molecule has 2 N–H and O–H groups in total. The molecule has 1 aliphatic heterocycles. The van der Waals surface area contributed by atoms with Crippen molar-refractivity contribution in [2.24, 2.45) is 5.73 Å². The van der Waals surface area contributed by atoms with Gasteiger partial charge in [-0.05, 0) is 60.6 Å². The molecule has 4 aromatic rings. The maximum atomic E-state index is 14.5. The molecule has 190 valence electrons. The minimum atomic E-state index is -0.191. The molecule has 0 bridgehead atoms. The summed E-state index contributed by atoms with van der Waals surface area (Å²) < 4.78 is 16.6. The molecule has 1 aliphatic rings. The molecule has 3 heterocycles. The summed E-state index contributed by atoms with van der Waals surface area (Å²) in [5.74, 6) is -0.116. The second-order valence-corrected chi connectivity index (χ2v) is 9.03. The van der Waals surface area contributed by atoms with Gasteiger partial charge in [0, 0.05) is 32.0 Å². The SMILES string of the molecule is CC(c1ccccc1)n1cc(C(=O)N2CCC(c3cc(CN)ccc3F)CC2)c2ncccc21.Cl.Cl. The maximum Gasteiger partial charge on any atom is 0.257 e. The number of fused-ring (bicyclic) bond motifs is 1. The molecule has 5 rings (SSSR count). The first-order valence-corrected chi connectivity index (χ1v) is 11.8. The first-order valence-electron chi connectivity index (χ1n) is 11.8. The molecule has 1 unspecified atom stereocenters. The summed E-state index contributed by atoms with van der Waals surface area (Å²) in [4.78, 5) is 20.0. The summed E-state index contributed by atoms with van der Waals surface area (Å²) in [6, 6.07) is 19.3. The predicted octanol–water partition coefficient (Wildman–Crippen LogP) is 6.11. The van der Waals surface area contributed by atoms with Crippen molar-refractivity contribution in [2.75, 3.05) is 13.1 Å². The first kappa shape index (κ1) is 27.7. The highest BCUT2D eigenvalue weighted by Crippen LogP contribution is 2.33. The zero-order chi connectivity index (χ0) is 23.7. The van der Waals surface area contributed by atoms with Crippen LogP contribution in [0.15, 0.2) is 73.1 Å². The number of hydrogen-bond acceptors (Lipinski definition) is 3. The van der Waals surface area contributed by atoms with E-state index in [9.17, 15) is 9.18 Å². The van der Waals surface area contributed by atoms with Gasteiger partial charge in [0.25, 0.3) is 5.91 Å². The van der Waals surface area contributed by atoms with E-state index in [4.69, 9.17) is 5.73 Å². The lowest BCUT2D eigenvalue weighted by Crippen LogP contribution is -2.38. The highest BCUT2D eigenvalue weighted by atomic mass is 35.5. The third-order valence-corrected chi connectivity index (χ3v) is 7.04. The number of rotatable bonds is 5. The average molecular weight is 529 g/mol. The van der Waals surface area contributed by atoms with Gasteiger partial charge in [-0.1, -0.05) is 42.5 Å². The van der Waals surface area contributed by atoms with Crippen LogP contribution in [0.4, 0.5) is 4.39 Å². The van der Waals surface area contributed by atoms with E-state index in [0.29, 0.717) is 30.8 Å². The summed E-state index contributed by atoms with van der Waals surface area (Å²) in [6.07, 6.45) is 5.12. The number of carbonyl (C=O) groups excluding carboxylic acids is 1. The van der Waals surface area contributed by atoms with E-state index in [1.807, 2.05) is 47.5 Å². The Labute approximate surface area is 223 Å². The maximum absolute atomic E-state index is 14.5. The number of nitrogens with two attached hydrogens (primary N) is 1. The van der Waals surface area contributed by atoms with Crippen molar-refractivity contribution in [3.05, 3.63) is 101 Å². The Morgan fingerprint density at radius 3 is 2.50 bits per heavy atom. The molecule has 36 heavy (non-hydrogen) atoms. The topological polar surface area (TPSA) is 64.2 Å². The standard InChI is InChI=1S/C28H29FN4O.2ClH/c1-19(21-6-3-2-4-7-21)33-18-24(27-26(33)8-5-13-31-27)28(34)32-14-11-22(12-15-32)23-16-20(17-30)9-10-25(23)29;;/h2-10,13,16,18-19,22H,11-12,14-15,17,30H2,1H3;2*1H. The van der Waals surface area contributed by atoms with Crippen molar-refractivity contribution in [3.8, 4) is 0 Å². The Hall–Kier alpha value is -2.93. The molecule has 1 saturated heterocycles. The first-order chi connectivity index (χ1) is 16.6. The van der Waals surface area contributed by atoms with E-state index in [0.717, 1.165) is 29.4 Å². The normalized spacial score (nSPS) is 14.7. The van der Waals surface area contributed by atoms with E-state index in [1.54, 1.807) is 12.3 Å². The van der Waals surface area contributed by atoms with Crippen LogP contribution in [0.2, 0.25) is 0 Å². The molecule has 0 radical (unpaired) electrons. The van der Waals surface area contributed by atoms with Gasteiger partial charge in [0.05, 0.1) is 17.1 Å². The van der Waals surface area contributed by atoms with Gasteiger partial charge in [0.2, 0.25) is 0 Å². The van der Waals surface area contributed by atoms with Crippen molar-refractivity contribution in [2.45, 2.75) is 38.3 Å². The second kappa shape index (κ2) is 11.9. The van der Waals surface area contributed by atoms with Gasteiger partial charge >= 0.3 is 0 Å². The molecular formula is C28H31Cl2FN4O. The molecule has 8 heteroatoms. The molecule has 5 nitrogen and oxygen atoms in total. The lowest BCUT2D eigenvalue weighted by molar-refractivity contribution is 0.0714.